The van der Waals surface area contributed by atoms with Crippen LogP contribution in [-0.4, -0.2) is 17.0 Å². The number of rotatable bonds is 3. The fourth-order valence-corrected chi connectivity index (χ4v) is 2.45. The van der Waals surface area contributed by atoms with Crippen LogP contribution in [0.1, 0.15) is 11.5 Å². The Kier molecular flexibility index (Phi) is 3.48. The summed E-state index contributed by atoms with van der Waals surface area (Å²) in [6.45, 7) is 0.257. The van der Waals surface area contributed by atoms with E-state index in [-0.39, 0.29) is 6.79 Å². The molecule has 0 bridgehead atoms. The second kappa shape index (κ2) is 5.78. The molecule has 2 aromatic carbocycles. The molecule has 6 heteroatoms. The average Bonchev–Trinajstić information content (AvgIpc) is 3.22. The van der Waals surface area contributed by atoms with Crippen molar-refractivity contribution >= 4 is 23.8 Å². The SMILES string of the molecule is Clc1ccccc1-c1nnc(/C=C/c2ccc3c(c2)OCO3)o1. The minimum atomic E-state index is 0.257. The molecule has 0 unspecified atom stereocenters. The van der Waals surface area contributed by atoms with E-state index in [1.165, 1.54) is 0 Å². The molecule has 3 aromatic rings. The molecule has 23 heavy (non-hydrogen) atoms. The summed E-state index contributed by atoms with van der Waals surface area (Å²) < 4.78 is 16.2. The molecular weight excluding hydrogens is 316 g/mol. The molecule has 0 N–H and O–H groups in total. The van der Waals surface area contributed by atoms with E-state index in [0.717, 1.165) is 17.1 Å². The summed E-state index contributed by atoms with van der Waals surface area (Å²) in [6.07, 6.45) is 3.61. The third kappa shape index (κ3) is 2.78. The molecule has 0 aliphatic carbocycles. The van der Waals surface area contributed by atoms with Gasteiger partial charge in [-0.1, -0.05) is 29.8 Å². The zero-order chi connectivity index (χ0) is 15.6. The molecule has 114 valence electrons. The fraction of sp³-hybridized carbons (Fsp3) is 0.0588. The number of hydrogen-bond donors (Lipinski definition) is 0. The zero-order valence-corrected chi connectivity index (χ0v) is 12.7. The van der Waals surface area contributed by atoms with Crippen LogP contribution in [0, 0.1) is 0 Å². The second-order valence-electron chi connectivity index (χ2n) is 4.87. The summed E-state index contributed by atoms with van der Waals surface area (Å²) >= 11 is 6.12. The molecule has 0 atom stereocenters. The highest BCUT2D eigenvalue weighted by molar-refractivity contribution is 6.33. The highest BCUT2D eigenvalue weighted by atomic mass is 35.5. The van der Waals surface area contributed by atoms with Gasteiger partial charge in [-0.3, -0.25) is 0 Å². The van der Waals surface area contributed by atoms with Gasteiger partial charge in [-0.25, -0.2) is 0 Å². The molecule has 2 heterocycles. The van der Waals surface area contributed by atoms with Gasteiger partial charge < -0.3 is 13.9 Å². The smallest absolute Gasteiger partial charge is 0.249 e. The number of ether oxygens (including phenoxy) is 2. The van der Waals surface area contributed by atoms with Gasteiger partial charge in [-0.05, 0) is 35.9 Å². The van der Waals surface area contributed by atoms with Crippen molar-refractivity contribution in [2.75, 3.05) is 6.79 Å². The number of fused-ring (bicyclic) bond motifs is 1. The molecule has 5 nitrogen and oxygen atoms in total. The van der Waals surface area contributed by atoms with Crippen LogP contribution >= 0.6 is 11.6 Å². The van der Waals surface area contributed by atoms with Crippen LogP contribution in [0.15, 0.2) is 46.9 Å². The van der Waals surface area contributed by atoms with Gasteiger partial charge in [0.25, 0.3) is 0 Å². The fourth-order valence-electron chi connectivity index (χ4n) is 2.23. The van der Waals surface area contributed by atoms with E-state index >= 15 is 0 Å². The summed E-state index contributed by atoms with van der Waals surface area (Å²) in [7, 11) is 0. The van der Waals surface area contributed by atoms with E-state index in [0.29, 0.717) is 22.4 Å². The van der Waals surface area contributed by atoms with Gasteiger partial charge in [-0.15, -0.1) is 10.2 Å². The number of aromatic nitrogens is 2. The topological polar surface area (TPSA) is 57.4 Å². The Balaban J connectivity index is 1.57. The maximum Gasteiger partial charge on any atom is 0.249 e. The predicted octanol–water partition coefficient (Wildman–Crippen LogP) is 4.29. The predicted molar refractivity (Wildman–Crippen MR) is 86.2 cm³/mol. The maximum absolute atomic E-state index is 6.12. The van der Waals surface area contributed by atoms with E-state index in [2.05, 4.69) is 10.2 Å². The van der Waals surface area contributed by atoms with Gasteiger partial charge in [0.1, 0.15) is 0 Å². The Bertz CT molecular complexity index is 889. The molecule has 0 spiro atoms. The minimum absolute atomic E-state index is 0.257. The third-order valence-electron chi connectivity index (χ3n) is 3.36. The van der Waals surface area contributed by atoms with Crippen molar-refractivity contribution in [1.82, 2.24) is 10.2 Å². The molecule has 4 rings (SSSR count). The van der Waals surface area contributed by atoms with E-state index in [9.17, 15) is 0 Å². The van der Waals surface area contributed by atoms with Gasteiger partial charge in [0.05, 0.1) is 10.6 Å². The average molecular weight is 327 g/mol. The van der Waals surface area contributed by atoms with Crippen LogP contribution in [0.5, 0.6) is 11.5 Å². The molecule has 0 radical (unpaired) electrons. The number of halogens is 1. The van der Waals surface area contributed by atoms with E-state index in [1.807, 2.05) is 42.5 Å². The summed E-state index contributed by atoms with van der Waals surface area (Å²) in [5.74, 6) is 2.27. The van der Waals surface area contributed by atoms with E-state index in [1.54, 1.807) is 12.1 Å². The van der Waals surface area contributed by atoms with Crippen LogP contribution < -0.4 is 9.47 Å². The Morgan fingerprint density at radius 2 is 1.83 bits per heavy atom. The third-order valence-corrected chi connectivity index (χ3v) is 3.69. The molecule has 0 amide bonds. The van der Waals surface area contributed by atoms with Crippen LogP contribution in [0.3, 0.4) is 0 Å². The van der Waals surface area contributed by atoms with Crippen LogP contribution in [-0.2, 0) is 0 Å². The van der Waals surface area contributed by atoms with E-state index in [4.69, 9.17) is 25.5 Å². The molecular formula is C17H11ClN2O3. The van der Waals surface area contributed by atoms with Crippen LogP contribution in [0.4, 0.5) is 0 Å². The Morgan fingerprint density at radius 3 is 2.74 bits per heavy atom. The second-order valence-corrected chi connectivity index (χ2v) is 5.28. The Morgan fingerprint density at radius 1 is 0.957 bits per heavy atom. The normalized spacial score (nSPS) is 12.9. The van der Waals surface area contributed by atoms with Crippen molar-refractivity contribution in [3.8, 4) is 23.0 Å². The first-order chi connectivity index (χ1) is 11.3. The minimum Gasteiger partial charge on any atom is -0.454 e. The number of nitrogens with zero attached hydrogens (tertiary/aromatic N) is 2. The first-order valence-electron chi connectivity index (χ1n) is 6.96. The monoisotopic (exact) mass is 326 g/mol. The van der Waals surface area contributed by atoms with Crippen molar-refractivity contribution in [1.29, 1.82) is 0 Å². The van der Waals surface area contributed by atoms with Gasteiger partial charge in [0.2, 0.25) is 18.6 Å². The summed E-state index contributed by atoms with van der Waals surface area (Å²) in [6, 6.07) is 13.0. The van der Waals surface area contributed by atoms with Crippen molar-refractivity contribution in [3.05, 3.63) is 58.9 Å². The Hall–Kier alpha value is -2.79. The highest BCUT2D eigenvalue weighted by Crippen LogP contribution is 2.33. The van der Waals surface area contributed by atoms with Crippen molar-refractivity contribution in [2.24, 2.45) is 0 Å². The molecule has 0 fully saturated rings. The molecule has 1 aromatic heterocycles. The van der Waals surface area contributed by atoms with Crippen LogP contribution in [0.2, 0.25) is 5.02 Å². The van der Waals surface area contributed by atoms with E-state index < -0.39 is 0 Å². The highest BCUT2D eigenvalue weighted by Gasteiger charge is 2.13. The summed E-state index contributed by atoms with van der Waals surface area (Å²) in [4.78, 5) is 0. The molecule has 0 saturated carbocycles. The van der Waals surface area contributed by atoms with Crippen LogP contribution in [0.25, 0.3) is 23.6 Å². The molecule has 0 saturated heterocycles. The van der Waals surface area contributed by atoms with Crippen molar-refractivity contribution in [2.45, 2.75) is 0 Å². The zero-order valence-electron chi connectivity index (χ0n) is 11.9. The van der Waals surface area contributed by atoms with Gasteiger partial charge >= 0.3 is 0 Å². The quantitative estimate of drug-likeness (QED) is 0.718. The summed E-state index contributed by atoms with van der Waals surface area (Å²) in [5.41, 5.74) is 1.66. The van der Waals surface area contributed by atoms with Gasteiger partial charge in [0, 0.05) is 6.08 Å². The number of hydrogen-bond acceptors (Lipinski definition) is 5. The molecule has 1 aliphatic rings. The Labute approximate surface area is 137 Å². The lowest BCUT2D eigenvalue weighted by atomic mass is 10.2. The lowest BCUT2D eigenvalue weighted by Gasteiger charge is -1.97. The molecule has 1 aliphatic heterocycles. The van der Waals surface area contributed by atoms with Gasteiger partial charge in [0.15, 0.2) is 11.5 Å². The standard InChI is InChI=1S/C17H11ClN2O3/c18-13-4-2-1-3-12(13)17-20-19-16(23-17)8-6-11-5-7-14-15(9-11)22-10-21-14/h1-9H,10H2/b8-6+. The van der Waals surface area contributed by atoms with Crippen molar-refractivity contribution in [3.63, 3.8) is 0 Å². The first kappa shape index (κ1) is 13.8. The first-order valence-corrected chi connectivity index (χ1v) is 7.33. The number of benzene rings is 2. The maximum atomic E-state index is 6.12. The van der Waals surface area contributed by atoms with Crippen molar-refractivity contribution < 1.29 is 13.9 Å². The largest absolute Gasteiger partial charge is 0.454 e. The summed E-state index contributed by atoms with van der Waals surface area (Å²) in [5, 5.41) is 8.60. The van der Waals surface area contributed by atoms with Gasteiger partial charge in [-0.2, -0.15) is 0 Å². The lowest BCUT2D eigenvalue weighted by Crippen LogP contribution is -1.92. The lowest BCUT2D eigenvalue weighted by molar-refractivity contribution is 0.174.